The summed E-state index contributed by atoms with van der Waals surface area (Å²) in [6.07, 6.45) is 2.19. The Hall–Kier alpha value is -3.42. The van der Waals surface area contributed by atoms with Gasteiger partial charge in [-0.2, -0.15) is 0 Å². The average Bonchev–Trinajstić information content (AvgIpc) is 3.25. The van der Waals surface area contributed by atoms with Crippen molar-refractivity contribution in [3.8, 4) is 0 Å². The smallest absolute Gasteiger partial charge is 0.421 e. The molecule has 0 spiro atoms. The van der Waals surface area contributed by atoms with Crippen molar-refractivity contribution in [3.05, 3.63) is 76.8 Å². The lowest BCUT2D eigenvalue weighted by molar-refractivity contribution is -0.485. The van der Waals surface area contributed by atoms with Gasteiger partial charge >= 0.3 is 6.09 Å². The number of benzene rings is 1. The molecule has 3 rings (SSSR count). The molecule has 1 aromatic carbocycles. The van der Waals surface area contributed by atoms with E-state index in [1.54, 1.807) is 57.2 Å². The topological polar surface area (TPSA) is 103 Å². The van der Waals surface area contributed by atoms with Crippen molar-refractivity contribution in [1.82, 2.24) is 0 Å². The monoisotopic (exact) mass is 412 g/mol. The fourth-order valence-electron chi connectivity index (χ4n) is 3.99. The van der Waals surface area contributed by atoms with Crippen molar-refractivity contribution in [2.45, 2.75) is 44.1 Å². The van der Waals surface area contributed by atoms with Crippen LogP contribution in [0.1, 0.15) is 44.4 Å². The summed E-state index contributed by atoms with van der Waals surface area (Å²) < 4.78 is 10.9. The van der Waals surface area contributed by atoms with E-state index in [0.717, 1.165) is 4.90 Å². The number of anilines is 1. The van der Waals surface area contributed by atoms with Crippen LogP contribution >= 0.6 is 0 Å². The van der Waals surface area contributed by atoms with Gasteiger partial charge in [0, 0.05) is 4.92 Å². The number of imide groups is 1. The number of fused-ring (bicyclic) bond motifs is 1. The van der Waals surface area contributed by atoms with Gasteiger partial charge in [-0.3, -0.25) is 14.9 Å². The Morgan fingerprint density at radius 1 is 1.33 bits per heavy atom. The Bertz CT molecular complexity index is 976. The fourth-order valence-corrected chi connectivity index (χ4v) is 3.99. The molecule has 0 saturated carbocycles. The molecule has 2 atom stereocenters. The number of carbonyl (C=O) groups is 2. The maximum absolute atomic E-state index is 13.8. The van der Waals surface area contributed by atoms with Gasteiger partial charge < -0.3 is 9.15 Å². The largest absolute Gasteiger partial charge is 0.469 e. The van der Waals surface area contributed by atoms with Crippen LogP contribution in [0, 0.1) is 10.1 Å². The second-order valence-electron chi connectivity index (χ2n) is 8.19. The number of carbonyl (C=O) groups excluding carboxylic acids is 2. The van der Waals surface area contributed by atoms with E-state index in [4.69, 9.17) is 9.15 Å². The fraction of sp³-hybridized carbons (Fsp3) is 0.364. The Morgan fingerprint density at radius 3 is 2.60 bits per heavy atom. The number of allylic oxidation sites excluding steroid dienone is 1. The molecular formula is C22H24N2O6. The summed E-state index contributed by atoms with van der Waals surface area (Å²) in [7, 11) is 0. The molecule has 0 aliphatic carbocycles. The van der Waals surface area contributed by atoms with Crippen LogP contribution in [0.25, 0.3) is 0 Å². The third-order valence-corrected chi connectivity index (χ3v) is 5.07. The van der Waals surface area contributed by atoms with Crippen molar-refractivity contribution in [2.24, 2.45) is 0 Å². The van der Waals surface area contributed by atoms with E-state index in [1.165, 1.54) is 12.3 Å². The van der Waals surface area contributed by atoms with E-state index in [-0.39, 0.29) is 6.42 Å². The maximum Gasteiger partial charge on any atom is 0.421 e. The van der Waals surface area contributed by atoms with Crippen LogP contribution in [0.15, 0.2) is 59.7 Å². The van der Waals surface area contributed by atoms with Crippen molar-refractivity contribution < 1.29 is 23.7 Å². The molecular weight excluding hydrogens is 388 g/mol. The zero-order valence-electron chi connectivity index (χ0n) is 17.2. The van der Waals surface area contributed by atoms with Crippen LogP contribution < -0.4 is 4.90 Å². The highest BCUT2D eigenvalue weighted by Gasteiger charge is 2.59. The highest BCUT2D eigenvalue weighted by Crippen LogP contribution is 2.52. The van der Waals surface area contributed by atoms with Crippen LogP contribution in [-0.4, -0.2) is 29.1 Å². The lowest BCUT2D eigenvalue weighted by Gasteiger charge is -2.32. The van der Waals surface area contributed by atoms with Crippen molar-refractivity contribution >= 4 is 17.7 Å². The van der Waals surface area contributed by atoms with Gasteiger partial charge in [0.25, 0.3) is 0 Å². The Labute approximate surface area is 174 Å². The Kier molecular flexibility index (Phi) is 5.52. The van der Waals surface area contributed by atoms with Crippen LogP contribution in [-0.2, 0) is 14.9 Å². The Balaban J connectivity index is 2.23. The highest BCUT2D eigenvalue weighted by molar-refractivity contribution is 6.21. The molecule has 8 heteroatoms. The summed E-state index contributed by atoms with van der Waals surface area (Å²) in [4.78, 5) is 38.8. The number of hydrogen-bond acceptors (Lipinski definition) is 6. The van der Waals surface area contributed by atoms with Crippen LogP contribution in [0.2, 0.25) is 0 Å². The van der Waals surface area contributed by atoms with Crippen molar-refractivity contribution in [2.75, 3.05) is 11.4 Å². The molecule has 0 bridgehead atoms. The molecule has 1 aliphatic rings. The number of rotatable bonds is 6. The maximum atomic E-state index is 13.8. The molecule has 30 heavy (non-hydrogen) atoms. The van der Waals surface area contributed by atoms with E-state index < -0.39 is 40.4 Å². The predicted octanol–water partition coefficient (Wildman–Crippen LogP) is 4.44. The zero-order valence-corrected chi connectivity index (χ0v) is 17.2. The molecule has 1 aliphatic heterocycles. The van der Waals surface area contributed by atoms with Crippen LogP contribution in [0.3, 0.4) is 0 Å². The summed E-state index contributed by atoms with van der Waals surface area (Å²) in [5, 5.41) is 11.6. The van der Waals surface area contributed by atoms with Crippen LogP contribution in [0.4, 0.5) is 10.5 Å². The minimum Gasteiger partial charge on any atom is -0.469 e. The first-order chi connectivity index (χ1) is 14.1. The molecule has 1 aromatic heterocycles. The summed E-state index contributed by atoms with van der Waals surface area (Å²) in [6.45, 7) is 8.31. The molecule has 0 fully saturated rings. The number of ether oxygens (including phenoxy) is 1. The van der Waals surface area contributed by atoms with E-state index >= 15 is 0 Å². The SMILES string of the molecule is C=CC[C@]1([C@@H](C[N+](=O)[O-])c2ccco2)C(=O)N(C(=O)OC(C)(C)C)c2ccccc21. The third kappa shape index (κ3) is 3.60. The number of amides is 2. The van der Waals surface area contributed by atoms with Crippen LogP contribution in [0.5, 0.6) is 0 Å². The number of nitrogens with zero attached hydrogens (tertiary/aromatic N) is 2. The van der Waals surface area contributed by atoms with Crippen molar-refractivity contribution in [1.29, 1.82) is 0 Å². The standard InChI is InChI=1S/C22H24N2O6/c1-5-12-22(16(14-23(27)28)18-11-8-13-29-18)15-9-6-7-10-17(15)24(19(22)25)20(26)30-21(2,3)4/h5-11,13,16H,1,12,14H2,2-4H3/t16-,22-/m0/s1. The summed E-state index contributed by atoms with van der Waals surface area (Å²) in [5.41, 5.74) is -1.40. The van der Waals surface area contributed by atoms with Gasteiger partial charge in [-0.1, -0.05) is 24.3 Å². The first kappa shape index (κ1) is 21.3. The average molecular weight is 412 g/mol. The number of hydrogen-bond donors (Lipinski definition) is 0. The van der Waals surface area contributed by atoms with Gasteiger partial charge in [-0.05, 0) is 51.0 Å². The normalized spacial score (nSPS) is 19.3. The second-order valence-corrected chi connectivity index (χ2v) is 8.19. The molecule has 0 N–H and O–H groups in total. The summed E-state index contributed by atoms with van der Waals surface area (Å²) >= 11 is 0. The van der Waals surface area contributed by atoms with Gasteiger partial charge in [0.15, 0.2) is 0 Å². The summed E-state index contributed by atoms with van der Waals surface area (Å²) in [6, 6.07) is 9.98. The van der Waals surface area contributed by atoms with Gasteiger partial charge in [0.05, 0.1) is 17.4 Å². The number of para-hydroxylation sites is 1. The molecule has 2 amide bonds. The first-order valence-electron chi connectivity index (χ1n) is 9.55. The Morgan fingerprint density at radius 2 is 2.03 bits per heavy atom. The highest BCUT2D eigenvalue weighted by atomic mass is 16.6. The first-order valence-corrected chi connectivity index (χ1v) is 9.55. The van der Waals surface area contributed by atoms with Gasteiger partial charge in [0.1, 0.15) is 17.3 Å². The number of furan rings is 1. The zero-order chi connectivity index (χ0) is 22.1. The lowest BCUT2D eigenvalue weighted by atomic mass is 9.67. The van der Waals surface area contributed by atoms with E-state index in [1.807, 2.05) is 0 Å². The van der Waals surface area contributed by atoms with E-state index in [9.17, 15) is 19.7 Å². The minimum atomic E-state index is -1.43. The third-order valence-electron chi connectivity index (χ3n) is 5.07. The molecule has 0 radical (unpaired) electrons. The number of nitro groups is 1. The van der Waals surface area contributed by atoms with Crippen molar-refractivity contribution in [3.63, 3.8) is 0 Å². The van der Waals surface area contributed by atoms with E-state index in [0.29, 0.717) is 17.0 Å². The molecule has 2 heterocycles. The lowest BCUT2D eigenvalue weighted by Crippen LogP contribution is -2.49. The second kappa shape index (κ2) is 7.78. The minimum absolute atomic E-state index is 0.0847. The van der Waals surface area contributed by atoms with Gasteiger partial charge in [0.2, 0.25) is 12.5 Å². The molecule has 8 nitrogen and oxygen atoms in total. The summed E-state index contributed by atoms with van der Waals surface area (Å²) in [5.74, 6) is -1.24. The van der Waals surface area contributed by atoms with E-state index in [2.05, 4.69) is 6.58 Å². The molecule has 0 unspecified atom stereocenters. The van der Waals surface area contributed by atoms with Gasteiger partial charge in [-0.15, -0.1) is 6.58 Å². The molecule has 2 aromatic rings. The predicted molar refractivity (Wildman–Crippen MR) is 110 cm³/mol. The molecule has 0 saturated heterocycles. The molecule has 158 valence electrons. The van der Waals surface area contributed by atoms with Gasteiger partial charge in [-0.25, -0.2) is 9.69 Å². The quantitative estimate of drug-likeness (QED) is 0.395.